The minimum atomic E-state index is -0.0314. The molecule has 0 saturated heterocycles. The highest BCUT2D eigenvalue weighted by Gasteiger charge is 2.27. The predicted molar refractivity (Wildman–Crippen MR) is 132 cm³/mol. The molecule has 6 nitrogen and oxygen atoms in total. The molecule has 4 rings (SSSR count). The summed E-state index contributed by atoms with van der Waals surface area (Å²) in [5.74, 6) is 1.71. The Kier molecular flexibility index (Phi) is 6.84. The summed E-state index contributed by atoms with van der Waals surface area (Å²) in [4.78, 5) is 16.1. The molecule has 0 aliphatic carbocycles. The zero-order valence-electron chi connectivity index (χ0n) is 19.6. The Labute approximate surface area is 195 Å². The van der Waals surface area contributed by atoms with Gasteiger partial charge in [-0.15, -0.1) is 0 Å². The molecule has 1 N–H and O–H groups in total. The maximum Gasteiger partial charge on any atom is 0.253 e. The Balaban J connectivity index is 1.50. The van der Waals surface area contributed by atoms with Crippen LogP contribution in [-0.2, 0) is 0 Å². The molecule has 2 atom stereocenters. The van der Waals surface area contributed by atoms with Crippen LogP contribution < -0.4 is 19.7 Å². The fourth-order valence-electron chi connectivity index (χ4n) is 4.03. The summed E-state index contributed by atoms with van der Waals surface area (Å²) in [6.45, 7) is 3.54. The van der Waals surface area contributed by atoms with Crippen LogP contribution in [0.2, 0.25) is 0 Å². The summed E-state index contributed by atoms with van der Waals surface area (Å²) in [5.41, 5.74) is 3.91. The van der Waals surface area contributed by atoms with Crippen molar-refractivity contribution in [1.82, 2.24) is 10.2 Å². The van der Waals surface area contributed by atoms with E-state index in [4.69, 9.17) is 9.47 Å². The Morgan fingerprint density at radius 2 is 1.88 bits per heavy atom. The first-order chi connectivity index (χ1) is 16.0. The number of carbonyl (C=O) groups excluding carboxylic acids is 1. The van der Waals surface area contributed by atoms with Gasteiger partial charge in [0.1, 0.15) is 17.6 Å². The molecule has 3 aromatic rings. The third kappa shape index (κ3) is 5.12. The monoisotopic (exact) mass is 445 g/mol. The smallest absolute Gasteiger partial charge is 0.253 e. The summed E-state index contributed by atoms with van der Waals surface area (Å²) >= 11 is 0. The van der Waals surface area contributed by atoms with E-state index in [1.54, 1.807) is 26.1 Å². The van der Waals surface area contributed by atoms with Crippen molar-refractivity contribution in [1.29, 1.82) is 0 Å². The molecule has 0 saturated carbocycles. The van der Waals surface area contributed by atoms with Gasteiger partial charge < -0.3 is 24.6 Å². The van der Waals surface area contributed by atoms with E-state index in [0.29, 0.717) is 18.7 Å². The van der Waals surface area contributed by atoms with Crippen molar-refractivity contribution in [2.75, 3.05) is 39.2 Å². The lowest BCUT2D eigenvalue weighted by atomic mass is 10.1. The van der Waals surface area contributed by atoms with Gasteiger partial charge in [0.15, 0.2) is 0 Å². The summed E-state index contributed by atoms with van der Waals surface area (Å²) in [7, 11) is 5.21. The first kappa shape index (κ1) is 22.7. The molecule has 1 amide bonds. The molecule has 0 radical (unpaired) electrons. The van der Waals surface area contributed by atoms with Crippen LogP contribution in [0.5, 0.6) is 11.5 Å². The number of para-hydroxylation sites is 2. The molecule has 172 valence electrons. The average Bonchev–Trinajstić information content (AvgIpc) is 2.86. The number of methoxy groups -OCH3 is 1. The van der Waals surface area contributed by atoms with Gasteiger partial charge >= 0.3 is 0 Å². The number of rotatable bonds is 7. The summed E-state index contributed by atoms with van der Waals surface area (Å²) in [6, 6.07) is 24.1. The Hall–Kier alpha value is -3.51. The second kappa shape index (κ2) is 9.96. The predicted octanol–water partition coefficient (Wildman–Crippen LogP) is 4.65. The van der Waals surface area contributed by atoms with Crippen LogP contribution in [0.4, 0.5) is 11.4 Å². The van der Waals surface area contributed by atoms with Gasteiger partial charge in [-0.3, -0.25) is 4.79 Å². The van der Waals surface area contributed by atoms with Gasteiger partial charge in [0.05, 0.1) is 19.3 Å². The summed E-state index contributed by atoms with van der Waals surface area (Å²) in [5, 5.41) is 3.60. The van der Waals surface area contributed by atoms with E-state index >= 15 is 0 Å². The highest BCUT2D eigenvalue weighted by Crippen LogP contribution is 2.38. The molecule has 1 heterocycles. The number of ether oxygens (including phenoxy) is 2. The molecule has 6 heteroatoms. The van der Waals surface area contributed by atoms with Gasteiger partial charge in [0.2, 0.25) is 0 Å². The van der Waals surface area contributed by atoms with Gasteiger partial charge in [-0.05, 0) is 61.0 Å². The molecule has 0 fully saturated rings. The van der Waals surface area contributed by atoms with Crippen LogP contribution in [-0.4, -0.2) is 51.2 Å². The van der Waals surface area contributed by atoms with Crippen LogP contribution in [0.25, 0.3) is 0 Å². The van der Waals surface area contributed by atoms with E-state index in [0.717, 1.165) is 22.9 Å². The lowest BCUT2D eigenvalue weighted by Gasteiger charge is -2.37. The molecule has 2 unspecified atom stereocenters. The van der Waals surface area contributed by atoms with E-state index in [-0.39, 0.29) is 18.1 Å². The number of nitrogens with zero attached hydrogens (tertiary/aromatic N) is 2. The number of hydrogen-bond donors (Lipinski definition) is 1. The van der Waals surface area contributed by atoms with E-state index < -0.39 is 0 Å². The molecular weight excluding hydrogens is 414 g/mol. The molecule has 0 spiro atoms. The normalized spacial score (nSPS) is 15.9. The van der Waals surface area contributed by atoms with Crippen molar-refractivity contribution in [3.63, 3.8) is 0 Å². The van der Waals surface area contributed by atoms with Crippen molar-refractivity contribution >= 4 is 17.3 Å². The maximum absolute atomic E-state index is 12.3. The second-order valence-corrected chi connectivity index (χ2v) is 8.47. The van der Waals surface area contributed by atoms with Gasteiger partial charge in [0, 0.05) is 37.9 Å². The first-order valence-corrected chi connectivity index (χ1v) is 11.2. The minimum Gasteiger partial charge on any atom is -0.497 e. The quantitative estimate of drug-likeness (QED) is 0.574. The van der Waals surface area contributed by atoms with Crippen LogP contribution in [0, 0.1) is 0 Å². The largest absolute Gasteiger partial charge is 0.497 e. The Morgan fingerprint density at radius 1 is 1.12 bits per heavy atom. The second-order valence-electron chi connectivity index (χ2n) is 8.47. The topological polar surface area (TPSA) is 54.0 Å². The van der Waals surface area contributed by atoms with Crippen LogP contribution in [0.3, 0.4) is 0 Å². The van der Waals surface area contributed by atoms with Crippen molar-refractivity contribution in [3.8, 4) is 11.5 Å². The molecule has 1 aliphatic heterocycles. The van der Waals surface area contributed by atoms with Crippen LogP contribution in [0.15, 0.2) is 72.8 Å². The zero-order chi connectivity index (χ0) is 23.4. The van der Waals surface area contributed by atoms with Crippen LogP contribution in [0.1, 0.15) is 28.9 Å². The maximum atomic E-state index is 12.3. The van der Waals surface area contributed by atoms with E-state index in [9.17, 15) is 4.79 Å². The molecule has 3 aromatic carbocycles. The lowest BCUT2D eigenvalue weighted by molar-refractivity contribution is 0.0827. The average molecular weight is 446 g/mol. The van der Waals surface area contributed by atoms with Gasteiger partial charge in [-0.1, -0.05) is 24.3 Å². The number of benzene rings is 3. The van der Waals surface area contributed by atoms with E-state index in [2.05, 4.69) is 35.3 Å². The molecular formula is C27H31N3O3. The van der Waals surface area contributed by atoms with Crippen molar-refractivity contribution in [3.05, 3.63) is 83.9 Å². The third-order valence-electron chi connectivity index (χ3n) is 5.91. The highest BCUT2D eigenvalue weighted by atomic mass is 16.5. The number of carbonyl (C=O) groups is 1. The fourth-order valence-corrected chi connectivity index (χ4v) is 4.03. The number of amides is 1. The van der Waals surface area contributed by atoms with E-state index in [1.165, 1.54) is 5.56 Å². The fraction of sp³-hybridized carbons (Fsp3) is 0.296. The Morgan fingerprint density at radius 3 is 2.61 bits per heavy atom. The summed E-state index contributed by atoms with van der Waals surface area (Å²) < 4.78 is 11.7. The number of hydrogen-bond acceptors (Lipinski definition) is 5. The molecule has 33 heavy (non-hydrogen) atoms. The first-order valence-electron chi connectivity index (χ1n) is 11.2. The SMILES string of the molecule is COc1cccc(C(C)NCC2CN(c3ccc(C(=O)N(C)C)cc3)c3ccccc3O2)c1. The standard InChI is InChI=1S/C27H31N3O3/c1-19(21-8-7-9-23(16-21)32-4)28-17-24-18-30(25-10-5-6-11-26(25)33-24)22-14-12-20(13-15-22)27(31)29(2)3/h5-16,19,24,28H,17-18H2,1-4H3. The zero-order valence-corrected chi connectivity index (χ0v) is 19.6. The number of anilines is 2. The van der Waals surface area contributed by atoms with Gasteiger partial charge in [0.25, 0.3) is 5.91 Å². The van der Waals surface area contributed by atoms with Crippen molar-refractivity contribution in [2.45, 2.75) is 19.1 Å². The van der Waals surface area contributed by atoms with Crippen LogP contribution >= 0.6 is 0 Å². The van der Waals surface area contributed by atoms with Gasteiger partial charge in [-0.25, -0.2) is 0 Å². The Bertz CT molecular complexity index is 1100. The molecule has 0 bridgehead atoms. The van der Waals surface area contributed by atoms with E-state index in [1.807, 2.05) is 54.6 Å². The van der Waals surface area contributed by atoms with Crippen molar-refractivity contribution < 1.29 is 14.3 Å². The lowest BCUT2D eigenvalue weighted by Crippen LogP contribution is -2.44. The number of nitrogens with one attached hydrogen (secondary N) is 1. The number of fused-ring (bicyclic) bond motifs is 1. The molecule has 0 aromatic heterocycles. The minimum absolute atomic E-state index is 0.00228. The van der Waals surface area contributed by atoms with Crippen molar-refractivity contribution in [2.24, 2.45) is 0 Å². The highest BCUT2D eigenvalue weighted by molar-refractivity contribution is 5.94. The summed E-state index contributed by atoms with van der Waals surface area (Å²) in [6.07, 6.45) is -0.0314. The molecule has 1 aliphatic rings. The third-order valence-corrected chi connectivity index (χ3v) is 5.91. The van der Waals surface area contributed by atoms with Gasteiger partial charge in [-0.2, -0.15) is 0 Å².